The Morgan fingerprint density at radius 1 is 1.13 bits per heavy atom. The maximum atomic E-state index is 13.0. The molecule has 1 amide bonds. The highest BCUT2D eigenvalue weighted by atomic mass is 16.5. The fraction of sp³-hybridized carbons (Fsp3) is 0.444. The maximum Gasteiger partial charge on any atom is 0.257 e. The zero-order chi connectivity index (χ0) is 16.6. The minimum Gasteiger partial charge on any atom is -0.372 e. The molecule has 0 spiro atoms. The largest absolute Gasteiger partial charge is 0.372 e. The Morgan fingerprint density at radius 2 is 1.74 bits per heavy atom. The lowest BCUT2D eigenvalue weighted by atomic mass is 10.1. The number of amides is 1. The molecule has 23 heavy (non-hydrogen) atoms. The monoisotopic (exact) mass is 313 g/mol. The second-order valence-electron chi connectivity index (χ2n) is 6.26. The molecule has 1 aromatic heterocycles. The third-order valence-corrected chi connectivity index (χ3v) is 4.21. The molecule has 0 radical (unpaired) electrons. The van der Waals surface area contributed by atoms with Gasteiger partial charge in [0.05, 0.1) is 34.8 Å². The van der Waals surface area contributed by atoms with E-state index in [1.165, 1.54) is 0 Å². The van der Waals surface area contributed by atoms with Gasteiger partial charge in [-0.15, -0.1) is 0 Å². The van der Waals surface area contributed by atoms with Gasteiger partial charge in [-0.25, -0.2) is 4.68 Å². The van der Waals surface area contributed by atoms with Gasteiger partial charge in [0, 0.05) is 13.1 Å². The van der Waals surface area contributed by atoms with E-state index in [1.807, 2.05) is 67.6 Å². The van der Waals surface area contributed by atoms with Gasteiger partial charge >= 0.3 is 0 Å². The van der Waals surface area contributed by atoms with E-state index in [9.17, 15) is 4.79 Å². The molecule has 3 rings (SSSR count). The van der Waals surface area contributed by atoms with E-state index < -0.39 is 0 Å². The topological polar surface area (TPSA) is 47.4 Å². The van der Waals surface area contributed by atoms with E-state index in [-0.39, 0.29) is 18.1 Å². The Labute approximate surface area is 136 Å². The van der Waals surface area contributed by atoms with Crippen molar-refractivity contribution < 1.29 is 9.53 Å². The second-order valence-corrected chi connectivity index (χ2v) is 6.26. The van der Waals surface area contributed by atoms with Gasteiger partial charge in [0.2, 0.25) is 0 Å². The summed E-state index contributed by atoms with van der Waals surface area (Å²) in [5, 5.41) is 4.57. The van der Waals surface area contributed by atoms with E-state index >= 15 is 0 Å². The van der Waals surface area contributed by atoms with Crippen LogP contribution in [0.1, 0.15) is 35.6 Å². The molecule has 5 nitrogen and oxygen atoms in total. The molecule has 122 valence electrons. The summed E-state index contributed by atoms with van der Waals surface area (Å²) in [6, 6.07) is 9.90. The van der Waals surface area contributed by atoms with Crippen molar-refractivity contribution in [3.05, 3.63) is 47.3 Å². The molecule has 1 aromatic carbocycles. The van der Waals surface area contributed by atoms with Crippen LogP contribution in [0.3, 0.4) is 0 Å². The highest BCUT2D eigenvalue weighted by Crippen LogP contribution is 2.21. The third-order valence-electron chi connectivity index (χ3n) is 4.21. The predicted octanol–water partition coefficient (Wildman–Crippen LogP) is 2.74. The number of para-hydroxylation sites is 1. The van der Waals surface area contributed by atoms with Crippen molar-refractivity contribution in [3.8, 4) is 5.69 Å². The predicted molar refractivity (Wildman–Crippen MR) is 89.0 cm³/mol. The molecular weight excluding hydrogens is 290 g/mol. The van der Waals surface area contributed by atoms with Crippen molar-refractivity contribution in [3.63, 3.8) is 0 Å². The molecule has 0 unspecified atom stereocenters. The normalized spacial score (nSPS) is 21.5. The van der Waals surface area contributed by atoms with Crippen molar-refractivity contribution in [1.29, 1.82) is 0 Å². The van der Waals surface area contributed by atoms with Crippen molar-refractivity contribution in [2.45, 2.75) is 39.9 Å². The molecule has 1 aliphatic heterocycles. The standard InChI is InChI=1S/C18H23N3O2/c1-12-10-20(11-13(2)23-12)18(22)17-14(3)19-21(15(17)4)16-8-6-5-7-9-16/h5-9,12-13H,10-11H2,1-4H3/t12-,13+. The summed E-state index contributed by atoms with van der Waals surface area (Å²) in [5.74, 6) is 0.0455. The lowest BCUT2D eigenvalue weighted by Crippen LogP contribution is -2.48. The zero-order valence-electron chi connectivity index (χ0n) is 14.1. The first-order chi connectivity index (χ1) is 11.0. The van der Waals surface area contributed by atoms with Crippen LogP contribution >= 0.6 is 0 Å². The van der Waals surface area contributed by atoms with E-state index in [4.69, 9.17) is 4.74 Å². The number of benzene rings is 1. The second kappa shape index (κ2) is 6.16. The quantitative estimate of drug-likeness (QED) is 0.856. The fourth-order valence-electron chi connectivity index (χ4n) is 3.27. The molecule has 0 aliphatic carbocycles. The summed E-state index contributed by atoms with van der Waals surface area (Å²) in [7, 11) is 0. The molecule has 1 saturated heterocycles. The summed E-state index contributed by atoms with van der Waals surface area (Å²) in [4.78, 5) is 14.9. The van der Waals surface area contributed by atoms with E-state index in [2.05, 4.69) is 5.10 Å². The lowest BCUT2D eigenvalue weighted by molar-refractivity contribution is -0.0586. The number of hydrogen-bond acceptors (Lipinski definition) is 3. The molecule has 5 heteroatoms. The highest BCUT2D eigenvalue weighted by Gasteiger charge is 2.30. The number of nitrogens with zero attached hydrogens (tertiary/aromatic N) is 3. The minimum atomic E-state index is 0.0455. The molecule has 0 saturated carbocycles. The third kappa shape index (κ3) is 3.01. The fourth-order valence-corrected chi connectivity index (χ4v) is 3.27. The number of morpholine rings is 1. The number of carbonyl (C=O) groups excluding carboxylic acids is 1. The van der Waals surface area contributed by atoms with Gasteiger partial charge in [0.25, 0.3) is 5.91 Å². The molecule has 0 N–H and O–H groups in total. The number of hydrogen-bond donors (Lipinski definition) is 0. The molecule has 2 atom stereocenters. The molecular formula is C18H23N3O2. The van der Waals surface area contributed by atoms with Crippen molar-refractivity contribution in [1.82, 2.24) is 14.7 Å². The average molecular weight is 313 g/mol. The Balaban J connectivity index is 1.94. The van der Waals surface area contributed by atoms with E-state index in [0.29, 0.717) is 18.7 Å². The summed E-state index contributed by atoms with van der Waals surface area (Å²) in [5.41, 5.74) is 3.32. The number of ether oxygens (including phenoxy) is 1. The summed E-state index contributed by atoms with van der Waals surface area (Å²) >= 11 is 0. The summed E-state index contributed by atoms with van der Waals surface area (Å²) < 4.78 is 7.57. The van der Waals surface area contributed by atoms with Crippen LogP contribution in [0.4, 0.5) is 0 Å². The van der Waals surface area contributed by atoms with Crippen LogP contribution in [0.2, 0.25) is 0 Å². The smallest absolute Gasteiger partial charge is 0.257 e. The first kappa shape index (κ1) is 15.7. The average Bonchev–Trinajstić information content (AvgIpc) is 2.81. The van der Waals surface area contributed by atoms with Gasteiger partial charge < -0.3 is 9.64 Å². The van der Waals surface area contributed by atoms with Gasteiger partial charge in [-0.1, -0.05) is 18.2 Å². The molecule has 1 fully saturated rings. The van der Waals surface area contributed by atoms with Gasteiger partial charge in [-0.2, -0.15) is 5.10 Å². The molecule has 0 bridgehead atoms. The van der Waals surface area contributed by atoms with Crippen LogP contribution in [-0.4, -0.2) is 45.9 Å². The van der Waals surface area contributed by atoms with E-state index in [0.717, 1.165) is 17.1 Å². The number of aromatic nitrogens is 2. The van der Waals surface area contributed by atoms with Crippen LogP contribution < -0.4 is 0 Å². The van der Waals surface area contributed by atoms with E-state index in [1.54, 1.807) is 0 Å². The first-order valence-electron chi connectivity index (χ1n) is 8.03. The lowest BCUT2D eigenvalue weighted by Gasteiger charge is -2.35. The van der Waals surface area contributed by atoms with Gasteiger partial charge in [0.15, 0.2) is 0 Å². The Bertz CT molecular complexity index is 699. The summed E-state index contributed by atoms with van der Waals surface area (Å²) in [6.45, 7) is 9.10. The van der Waals surface area contributed by atoms with Gasteiger partial charge in [-0.3, -0.25) is 4.79 Å². The number of aryl methyl sites for hydroxylation is 1. The van der Waals surface area contributed by atoms with Gasteiger partial charge in [-0.05, 0) is 39.8 Å². The first-order valence-corrected chi connectivity index (χ1v) is 8.03. The van der Waals surface area contributed by atoms with Crippen molar-refractivity contribution in [2.75, 3.05) is 13.1 Å². The minimum absolute atomic E-state index is 0.0455. The van der Waals surface area contributed by atoms with Crippen LogP contribution in [0.25, 0.3) is 5.69 Å². The highest BCUT2D eigenvalue weighted by molar-refractivity contribution is 5.96. The Morgan fingerprint density at radius 3 is 2.35 bits per heavy atom. The molecule has 1 aliphatic rings. The SMILES string of the molecule is Cc1nn(-c2ccccc2)c(C)c1C(=O)N1C[C@@H](C)O[C@@H](C)C1. The van der Waals surface area contributed by atoms with Crippen LogP contribution in [0.15, 0.2) is 30.3 Å². The number of carbonyl (C=O) groups is 1. The van der Waals surface area contributed by atoms with Crippen LogP contribution in [0, 0.1) is 13.8 Å². The molecule has 2 heterocycles. The van der Waals surface area contributed by atoms with Crippen molar-refractivity contribution in [2.24, 2.45) is 0 Å². The summed E-state index contributed by atoms with van der Waals surface area (Å²) in [6.07, 6.45) is 0.125. The van der Waals surface area contributed by atoms with Gasteiger partial charge in [0.1, 0.15) is 0 Å². The van der Waals surface area contributed by atoms with Crippen LogP contribution in [0.5, 0.6) is 0 Å². The Hall–Kier alpha value is -2.14. The zero-order valence-corrected chi connectivity index (χ0v) is 14.1. The molecule has 2 aromatic rings. The van der Waals surface area contributed by atoms with Crippen molar-refractivity contribution >= 4 is 5.91 Å². The number of rotatable bonds is 2. The Kier molecular flexibility index (Phi) is 4.22. The van der Waals surface area contributed by atoms with Crippen LogP contribution in [-0.2, 0) is 4.74 Å². The maximum absolute atomic E-state index is 13.0.